The molecule has 3 heteroatoms. The molecule has 0 spiro atoms. The van der Waals surface area contributed by atoms with Crippen molar-refractivity contribution in [1.82, 2.24) is 0 Å². The molecule has 72 valence electrons. The monoisotopic (exact) mass is 299 g/mol. The number of fused-ring (bicyclic) bond motifs is 1. The molecule has 0 fully saturated rings. The summed E-state index contributed by atoms with van der Waals surface area (Å²) in [5.74, 6) is 0.744. The van der Waals surface area contributed by atoms with Crippen molar-refractivity contribution >= 4 is 39.1 Å². The molecule has 0 bridgehead atoms. The fourth-order valence-electron chi connectivity index (χ4n) is 1.46. The van der Waals surface area contributed by atoms with Crippen molar-refractivity contribution in [2.75, 3.05) is 12.8 Å². The van der Waals surface area contributed by atoms with Gasteiger partial charge in [0.25, 0.3) is 0 Å². The Hall–Kier alpha value is -0.970. The zero-order valence-electron chi connectivity index (χ0n) is 7.75. The number of nitrogen functional groups attached to an aromatic ring is 1. The predicted octanol–water partition coefficient (Wildman–Crippen LogP) is 3.04. The molecule has 0 unspecified atom stereocenters. The molecule has 0 saturated carbocycles. The lowest BCUT2D eigenvalue weighted by Crippen LogP contribution is -1.95. The fraction of sp³-hybridized carbons (Fsp3) is 0.0909. The second-order valence-corrected chi connectivity index (χ2v) is 4.11. The zero-order chi connectivity index (χ0) is 10.1. The standard InChI is InChI=1S/C11H10INO/c1-14-9-6-7-4-2-3-5-8(7)10(12)11(9)13/h2-6H,13H2,1H3. The molecule has 2 rings (SSSR count). The average molecular weight is 299 g/mol. The molecule has 0 amide bonds. The minimum atomic E-state index is 0.715. The molecular weight excluding hydrogens is 289 g/mol. The first kappa shape index (κ1) is 9.58. The number of nitrogens with two attached hydrogens (primary N) is 1. The summed E-state index contributed by atoms with van der Waals surface area (Å²) in [6, 6.07) is 10.1. The van der Waals surface area contributed by atoms with Gasteiger partial charge in [-0.3, -0.25) is 0 Å². The van der Waals surface area contributed by atoms with E-state index in [2.05, 4.69) is 34.7 Å². The highest BCUT2D eigenvalue weighted by Crippen LogP contribution is 2.33. The van der Waals surface area contributed by atoms with Crippen molar-refractivity contribution in [2.24, 2.45) is 0 Å². The third kappa shape index (κ3) is 1.41. The van der Waals surface area contributed by atoms with Crippen molar-refractivity contribution in [1.29, 1.82) is 0 Å². The molecule has 2 N–H and O–H groups in total. The highest BCUT2D eigenvalue weighted by atomic mass is 127. The van der Waals surface area contributed by atoms with Gasteiger partial charge in [0.15, 0.2) is 0 Å². The summed E-state index contributed by atoms with van der Waals surface area (Å²) in [4.78, 5) is 0. The Morgan fingerprint density at radius 2 is 2.00 bits per heavy atom. The van der Waals surface area contributed by atoms with Gasteiger partial charge in [-0.05, 0) is 39.4 Å². The molecule has 0 aliphatic heterocycles. The van der Waals surface area contributed by atoms with Crippen molar-refractivity contribution in [3.63, 3.8) is 0 Å². The molecule has 0 aliphatic rings. The molecular formula is C11H10INO. The molecule has 2 nitrogen and oxygen atoms in total. The van der Waals surface area contributed by atoms with Gasteiger partial charge in [0.05, 0.1) is 12.8 Å². The summed E-state index contributed by atoms with van der Waals surface area (Å²) in [5, 5.41) is 2.33. The van der Waals surface area contributed by atoms with Gasteiger partial charge in [-0.2, -0.15) is 0 Å². The number of rotatable bonds is 1. The van der Waals surface area contributed by atoms with E-state index in [1.54, 1.807) is 7.11 Å². The van der Waals surface area contributed by atoms with Gasteiger partial charge >= 0.3 is 0 Å². The van der Waals surface area contributed by atoms with Gasteiger partial charge in [-0.15, -0.1) is 0 Å². The minimum Gasteiger partial charge on any atom is -0.495 e. The van der Waals surface area contributed by atoms with Gasteiger partial charge in [0.1, 0.15) is 5.75 Å². The van der Waals surface area contributed by atoms with Crippen LogP contribution in [0.25, 0.3) is 10.8 Å². The van der Waals surface area contributed by atoms with Crippen LogP contribution in [0.5, 0.6) is 5.75 Å². The van der Waals surface area contributed by atoms with Crippen molar-refractivity contribution in [2.45, 2.75) is 0 Å². The van der Waals surface area contributed by atoms with Crippen LogP contribution in [0.3, 0.4) is 0 Å². The van der Waals surface area contributed by atoms with E-state index in [1.807, 2.05) is 18.2 Å². The molecule has 0 saturated heterocycles. The molecule has 0 atom stereocenters. The van der Waals surface area contributed by atoms with Gasteiger partial charge < -0.3 is 10.5 Å². The van der Waals surface area contributed by atoms with Crippen LogP contribution in [0, 0.1) is 3.57 Å². The first-order valence-corrected chi connectivity index (χ1v) is 5.32. The fourth-order valence-corrected chi connectivity index (χ4v) is 2.22. The molecule has 14 heavy (non-hydrogen) atoms. The smallest absolute Gasteiger partial charge is 0.143 e. The lowest BCUT2D eigenvalue weighted by molar-refractivity contribution is 0.417. The van der Waals surface area contributed by atoms with Gasteiger partial charge in [-0.1, -0.05) is 24.3 Å². The van der Waals surface area contributed by atoms with E-state index in [0.717, 1.165) is 14.7 Å². The maximum Gasteiger partial charge on any atom is 0.143 e. The number of methoxy groups -OCH3 is 1. The lowest BCUT2D eigenvalue weighted by Gasteiger charge is -2.09. The topological polar surface area (TPSA) is 35.2 Å². The number of hydrogen-bond donors (Lipinski definition) is 1. The van der Waals surface area contributed by atoms with E-state index < -0.39 is 0 Å². The highest BCUT2D eigenvalue weighted by molar-refractivity contribution is 14.1. The summed E-state index contributed by atoms with van der Waals surface area (Å²) in [7, 11) is 1.64. The lowest BCUT2D eigenvalue weighted by atomic mass is 10.1. The first-order chi connectivity index (χ1) is 6.74. The Balaban J connectivity index is 2.85. The molecule has 0 heterocycles. The summed E-state index contributed by atoms with van der Waals surface area (Å²) in [5.41, 5.74) is 6.64. The number of ether oxygens (including phenoxy) is 1. The van der Waals surface area contributed by atoms with Crippen LogP contribution in [0.1, 0.15) is 0 Å². The number of hydrogen-bond acceptors (Lipinski definition) is 2. The Labute approximate surface area is 96.2 Å². The van der Waals surface area contributed by atoms with Gasteiger partial charge in [0.2, 0.25) is 0 Å². The quantitative estimate of drug-likeness (QED) is 0.649. The van der Waals surface area contributed by atoms with Crippen molar-refractivity contribution < 1.29 is 4.74 Å². The van der Waals surface area contributed by atoms with E-state index >= 15 is 0 Å². The SMILES string of the molecule is COc1cc2ccccc2c(I)c1N. The van der Waals surface area contributed by atoms with Crippen molar-refractivity contribution in [3.05, 3.63) is 33.9 Å². The Kier molecular flexibility index (Phi) is 2.50. The Morgan fingerprint density at radius 3 is 2.71 bits per heavy atom. The highest BCUT2D eigenvalue weighted by Gasteiger charge is 2.07. The Morgan fingerprint density at radius 1 is 1.29 bits per heavy atom. The van der Waals surface area contributed by atoms with Crippen LogP contribution in [0.4, 0.5) is 5.69 Å². The van der Waals surface area contributed by atoms with Crippen LogP contribution < -0.4 is 10.5 Å². The predicted molar refractivity (Wildman–Crippen MR) is 67.6 cm³/mol. The third-order valence-corrected chi connectivity index (χ3v) is 3.37. The average Bonchev–Trinajstić information content (AvgIpc) is 2.23. The number of anilines is 1. The number of benzene rings is 2. The first-order valence-electron chi connectivity index (χ1n) is 4.24. The molecule has 2 aromatic carbocycles. The van der Waals surface area contributed by atoms with Crippen LogP contribution in [0.15, 0.2) is 30.3 Å². The van der Waals surface area contributed by atoms with Gasteiger partial charge in [0, 0.05) is 3.57 Å². The minimum absolute atomic E-state index is 0.715. The summed E-state index contributed by atoms with van der Waals surface area (Å²) >= 11 is 2.25. The maximum absolute atomic E-state index is 5.93. The molecule has 0 aliphatic carbocycles. The second-order valence-electron chi connectivity index (χ2n) is 3.03. The maximum atomic E-state index is 5.93. The van der Waals surface area contributed by atoms with E-state index in [9.17, 15) is 0 Å². The van der Waals surface area contributed by atoms with Gasteiger partial charge in [-0.25, -0.2) is 0 Å². The van der Waals surface area contributed by atoms with Crippen LogP contribution in [-0.4, -0.2) is 7.11 Å². The van der Waals surface area contributed by atoms with Crippen LogP contribution >= 0.6 is 22.6 Å². The van der Waals surface area contributed by atoms with E-state index in [-0.39, 0.29) is 0 Å². The third-order valence-electron chi connectivity index (χ3n) is 2.21. The molecule has 0 aromatic heterocycles. The second kappa shape index (κ2) is 3.65. The van der Waals surface area contributed by atoms with Crippen LogP contribution in [-0.2, 0) is 0 Å². The van der Waals surface area contributed by atoms with Crippen LogP contribution in [0.2, 0.25) is 0 Å². The zero-order valence-corrected chi connectivity index (χ0v) is 9.91. The van der Waals surface area contributed by atoms with E-state index in [0.29, 0.717) is 5.69 Å². The molecule has 0 radical (unpaired) electrons. The summed E-state index contributed by atoms with van der Waals surface area (Å²) < 4.78 is 6.26. The molecule has 2 aromatic rings. The van der Waals surface area contributed by atoms with E-state index in [4.69, 9.17) is 10.5 Å². The summed E-state index contributed by atoms with van der Waals surface area (Å²) in [6.45, 7) is 0. The number of halogens is 1. The Bertz CT molecular complexity index is 482. The van der Waals surface area contributed by atoms with E-state index in [1.165, 1.54) is 5.39 Å². The van der Waals surface area contributed by atoms with Crippen molar-refractivity contribution in [3.8, 4) is 5.75 Å². The summed E-state index contributed by atoms with van der Waals surface area (Å²) in [6.07, 6.45) is 0. The largest absolute Gasteiger partial charge is 0.495 e. The normalized spacial score (nSPS) is 10.4.